The normalized spacial score (nSPS) is 3.00. The highest BCUT2D eigenvalue weighted by Gasteiger charge is 0.932. The molecular weight excluding hydrogens is 192 g/mol. The van der Waals surface area contributed by atoms with Crippen LogP contribution < -0.4 is 0 Å². The molecule has 0 aliphatic carbocycles. The molecule has 0 rings (SSSR count). The average Bonchev–Trinajstić information content (AvgIpc) is 2.45. The number of hydrogen-bond acceptors (Lipinski definition) is 6. The maximum absolute atomic E-state index is 7.00. The first-order valence-corrected chi connectivity index (χ1v) is 3.68. The van der Waals surface area contributed by atoms with Crippen molar-refractivity contribution in [3.63, 3.8) is 0 Å². The Balaban J connectivity index is -0.00000000817. The van der Waals surface area contributed by atoms with Gasteiger partial charge in [-0.1, -0.05) is 13.8 Å². The molecule has 0 fully saturated rings. The zero-order valence-electron chi connectivity index (χ0n) is 10.7. The summed E-state index contributed by atoms with van der Waals surface area (Å²) in [4.78, 5) is 0. The van der Waals surface area contributed by atoms with E-state index in [-0.39, 0.29) is 0 Å². The lowest BCUT2D eigenvalue weighted by Gasteiger charge is -1.21. The topological polar surface area (TPSA) is 121 Å². The van der Waals surface area contributed by atoms with Crippen LogP contribution in [0.5, 0.6) is 0 Å². The highest BCUT2D eigenvalue weighted by molar-refractivity contribution is 3.50. The molecule has 0 saturated heterocycles. The molecule has 0 spiro atoms. The summed E-state index contributed by atoms with van der Waals surface area (Å²) >= 11 is 0. The zero-order chi connectivity index (χ0) is 14.0. The molecular formula is C8H30O6. The zero-order valence-corrected chi connectivity index (χ0v) is 10.7. The van der Waals surface area contributed by atoms with Crippen LogP contribution in [-0.2, 0) is 0 Å². The quantitative estimate of drug-likeness (QED) is 0.302. The van der Waals surface area contributed by atoms with Crippen molar-refractivity contribution in [3.8, 4) is 0 Å². The second-order valence-corrected chi connectivity index (χ2v) is 0. The average molecular weight is 222 g/mol. The monoisotopic (exact) mass is 222 g/mol. The molecule has 14 heavy (non-hydrogen) atoms. The maximum Gasteiger partial charge on any atom is 0.0319 e. The Morgan fingerprint density at radius 2 is 0.286 bits per heavy atom. The molecule has 0 aromatic rings. The fourth-order valence-corrected chi connectivity index (χ4v) is 0. The summed E-state index contributed by atoms with van der Waals surface area (Å²) in [5.74, 6) is 0. The summed E-state index contributed by atoms with van der Waals surface area (Å²) in [6.45, 7) is 4.00. The summed E-state index contributed by atoms with van der Waals surface area (Å²) in [6.07, 6.45) is 0. The van der Waals surface area contributed by atoms with Crippen molar-refractivity contribution in [3.05, 3.63) is 0 Å². The van der Waals surface area contributed by atoms with Crippen LogP contribution in [0.2, 0.25) is 0 Å². The fraction of sp³-hybridized carbons (Fsp3) is 1.00. The number of aliphatic hydroxyl groups excluding tert-OH is 6. The van der Waals surface area contributed by atoms with Crippen LogP contribution in [-0.4, -0.2) is 73.3 Å². The molecule has 0 aliphatic heterocycles. The number of rotatable bonds is 0. The van der Waals surface area contributed by atoms with Gasteiger partial charge in [-0.25, -0.2) is 0 Å². The molecule has 0 aromatic heterocycles. The fourth-order valence-electron chi connectivity index (χ4n) is 0. The Bertz CT molecular complexity index is 13.8. The van der Waals surface area contributed by atoms with E-state index in [1.165, 1.54) is 0 Å². The SMILES string of the molecule is CC.CO.CO.CO.CO.CO.CO. The smallest absolute Gasteiger partial charge is 0.0319 e. The Morgan fingerprint density at radius 1 is 0.286 bits per heavy atom. The third kappa shape index (κ3) is 23600. The van der Waals surface area contributed by atoms with Gasteiger partial charge in [-0.05, 0) is 0 Å². The number of aliphatic hydroxyl groups is 6. The molecule has 0 unspecified atom stereocenters. The second kappa shape index (κ2) is 30600. The van der Waals surface area contributed by atoms with Crippen molar-refractivity contribution >= 4 is 0 Å². The summed E-state index contributed by atoms with van der Waals surface area (Å²) in [6, 6.07) is 0. The van der Waals surface area contributed by atoms with E-state index in [1.807, 2.05) is 13.8 Å². The molecule has 0 saturated carbocycles. The van der Waals surface area contributed by atoms with Crippen LogP contribution in [0, 0.1) is 0 Å². The molecule has 98 valence electrons. The van der Waals surface area contributed by atoms with Gasteiger partial charge in [0.25, 0.3) is 0 Å². The van der Waals surface area contributed by atoms with Gasteiger partial charge in [0, 0.05) is 42.7 Å². The van der Waals surface area contributed by atoms with Crippen molar-refractivity contribution < 1.29 is 30.6 Å². The molecule has 0 bridgehead atoms. The van der Waals surface area contributed by atoms with Gasteiger partial charge < -0.3 is 30.6 Å². The maximum atomic E-state index is 7.00. The van der Waals surface area contributed by atoms with Crippen LogP contribution in [0.4, 0.5) is 0 Å². The van der Waals surface area contributed by atoms with Gasteiger partial charge in [0.05, 0.1) is 0 Å². The van der Waals surface area contributed by atoms with Gasteiger partial charge in [-0.2, -0.15) is 0 Å². The van der Waals surface area contributed by atoms with Crippen molar-refractivity contribution in [2.75, 3.05) is 42.7 Å². The molecule has 0 atom stereocenters. The highest BCUT2D eigenvalue weighted by atomic mass is 16.2. The van der Waals surface area contributed by atoms with E-state index in [0.717, 1.165) is 42.7 Å². The lowest BCUT2D eigenvalue weighted by Crippen LogP contribution is -1.25. The van der Waals surface area contributed by atoms with Gasteiger partial charge in [0.15, 0.2) is 0 Å². The predicted molar refractivity (Wildman–Crippen MR) is 60.2 cm³/mol. The van der Waals surface area contributed by atoms with Gasteiger partial charge in [0.2, 0.25) is 0 Å². The third-order valence-electron chi connectivity index (χ3n) is 0. The van der Waals surface area contributed by atoms with Crippen molar-refractivity contribution in [1.29, 1.82) is 0 Å². The minimum absolute atomic E-state index is 1.00. The van der Waals surface area contributed by atoms with E-state index >= 15 is 0 Å². The molecule has 6 nitrogen and oxygen atoms in total. The first-order valence-electron chi connectivity index (χ1n) is 3.68. The second-order valence-electron chi connectivity index (χ2n) is 0. The van der Waals surface area contributed by atoms with E-state index in [0.29, 0.717) is 0 Å². The van der Waals surface area contributed by atoms with Crippen molar-refractivity contribution in [2.45, 2.75) is 13.8 Å². The summed E-state index contributed by atoms with van der Waals surface area (Å²) < 4.78 is 0. The Kier molecular flexibility index (Phi) is 107000. The molecule has 0 radical (unpaired) electrons. The summed E-state index contributed by atoms with van der Waals surface area (Å²) in [5, 5.41) is 42.0. The molecule has 0 aromatic carbocycles. The molecule has 6 heteroatoms. The minimum atomic E-state index is 1.00. The van der Waals surface area contributed by atoms with Crippen LogP contribution >= 0.6 is 0 Å². The van der Waals surface area contributed by atoms with Crippen molar-refractivity contribution in [2.24, 2.45) is 0 Å². The van der Waals surface area contributed by atoms with Gasteiger partial charge in [0.1, 0.15) is 0 Å². The summed E-state index contributed by atoms with van der Waals surface area (Å²) in [5.41, 5.74) is 0. The lowest BCUT2D eigenvalue weighted by atomic mass is 11.0. The largest absolute Gasteiger partial charge is 0.400 e. The van der Waals surface area contributed by atoms with Crippen LogP contribution in [0.25, 0.3) is 0 Å². The highest BCUT2D eigenvalue weighted by Crippen LogP contribution is 1.14. The Hall–Kier alpha value is -0.240. The van der Waals surface area contributed by atoms with Gasteiger partial charge in [-0.15, -0.1) is 0 Å². The Labute approximate surface area is 88.1 Å². The van der Waals surface area contributed by atoms with Gasteiger partial charge >= 0.3 is 0 Å². The third-order valence-corrected chi connectivity index (χ3v) is 0. The van der Waals surface area contributed by atoms with Crippen LogP contribution in [0.1, 0.15) is 13.8 Å². The summed E-state index contributed by atoms with van der Waals surface area (Å²) in [7, 11) is 6.00. The Morgan fingerprint density at radius 3 is 0.286 bits per heavy atom. The van der Waals surface area contributed by atoms with Crippen molar-refractivity contribution in [1.82, 2.24) is 0 Å². The molecule has 0 aliphatic rings. The van der Waals surface area contributed by atoms with E-state index < -0.39 is 0 Å². The van der Waals surface area contributed by atoms with E-state index in [9.17, 15) is 0 Å². The van der Waals surface area contributed by atoms with E-state index in [1.54, 1.807) is 0 Å². The predicted octanol–water partition coefficient (Wildman–Crippen LogP) is -1.32. The van der Waals surface area contributed by atoms with Crippen LogP contribution in [0.15, 0.2) is 0 Å². The first-order chi connectivity index (χ1) is 7.00. The standard InChI is InChI=1S/C2H6.6CH4O/c7*1-2/h1-2H3;6*2H,1H3. The number of hydrogen-bond donors (Lipinski definition) is 6. The lowest BCUT2D eigenvalue weighted by molar-refractivity contribution is 0.399. The molecule has 6 N–H and O–H groups in total. The minimum Gasteiger partial charge on any atom is -0.400 e. The van der Waals surface area contributed by atoms with Crippen LogP contribution in [0.3, 0.4) is 0 Å². The first kappa shape index (κ1) is 49.0. The van der Waals surface area contributed by atoms with E-state index in [4.69, 9.17) is 30.6 Å². The molecule has 0 heterocycles. The molecule has 0 amide bonds. The van der Waals surface area contributed by atoms with Gasteiger partial charge in [-0.3, -0.25) is 0 Å². The van der Waals surface area contributed by atoms with E-state index in [2.05, 4.69) is 0 Å².